The van der Waals surface area contributed by atoms with Gasteiger partial charge in [-0.25, -0.2) is 9.78 Å². The molecule has 4 rings (SSSR count). The van der Waals surface area contributed by atoms with Crippen LogP contribution in [-0.2, 0) is 9.53 Å². The predicted molar refractivity (Wildman–Crippen MR) is 129 cm³/mol. The summed E-state index contributed by atoms with van der Waals surface area (Å²) >= 11 is 5.26. The minimum Gasteiger partial charge on any atom is -0.493 e. The number of nitrogen functional groups attached to an aromatic ring is 1. The van der Waals surface area contributed by atoms with Crippen LogP contribution in [0.1, 0.15) is 29.5 Å². The Labute approximate surface area is 196 Å². The monoisotopic (exact) mass is 464 g/mol. The normalized spacial score (nSPS) is 14.8. The Hall–Kier alpha value is -3.85. The average molecular weight is 465 g/mol. The third-order valence-electron chi connectivity index (χ3n) is 5.39. The Morgan fingerprint density at radius 1 is 1.12 bits per heavy atom. The van der Waals surface area contributed by atoms with E-state index in [0.717, 1.165) is 11.1 Å². The molecule has 0 radical (unpaired) electrons. The molecule has 9 heteroatoms. The van der Waals surface area contributed by atoms with Gasteiger partial charge in [0.2, 0.25) is 0 Å². The second-order valence-corrected chi connectivity index (χ2v) is 7.65. The van der Waals surface area contributed by atoms with Gasteiger partial charge >= 0.3 is 5.97 Å². The first-order valence-electron chi connectivity index (χ1n) is 10.3. The van der Waals surface area contributed by atoms with Crippen molar-refractivity contribution >= 4 is 35.5 Å². The van der Waals surface area contributed by atoms with E-state index >= 15 is 0 Å². The van der Waals surface area contributed by atoms with Crippen LogP contribution < -0.4 is 20.5 Å². The molecule has 2 heterocycles. The minimum atomic E-state index is -0.602. The SMILES string of the molecule is CCOC(=O)C1=C(c2ccccc2)Nc2nc(=S)[nH]c(N)c2C1c1ccc(OC)c(OC)c1. The third kappa shape index (κ3) is 4.14. The zero-order chi connectivity index (χ0) is 23.5. The average Bonchev–Trinajstić information content (AvgIpc) is 2.82. The van der Waals surface area contributed by atoms with E-state index in [-0.39, 0.29) is 11.4 Å². The maximum atomic E-state index is 13.4. The first-order chi connectivity index (χ1) is 16.0. The smallest absolute Gasteiger partial charge is 0.337 e. The summed E-state index contributed by atoms with van der Waals surface area (Å²) in [6, 6.07) is 15.0. The molecule has 2 aromatic carbocycles. The number of carbonyl (C=O) groups excluding carboxylic acids is 1. The molecule has 0 fully saturated rings. The van der Waals surface area contributed by atoms with Gasteiger partial charge in [-0.05, 0) is 42.4 Å². The molecule has 1 atom stereocenters. The Balaban J connectivity index is 2.06. The van der Waals surface area contributed by atoms with Crippen molar-refractivity contribution in [3.63, 3.8) is 0 Å². The number of methoxy groups -OCH3 is 2. The fourth-order valence-corrected chi connectivity index (χ4v) is 4.19. The Morgan fingerprint density at radius 2 is 1.85 bits per heavy atom. The van der Waals surface area contributed by atoms with Crippen LogP contribution >= 0.6 is 12.2 Å². The van der Waals surface area contributed by atoms with Crippen molar-refractivity contribution in [1.82, 2.24) is 9.97 Å². The van der Waals surface area contributed by atoms with Crippen LogP contribution in [-0.4, -0.2) is 36.8 Å². The van der Waals surface area contributed by atoms with Gasteiger partial charge in [0.1, 0.15) is 11.6 Å². The molecule has 1 aromatic heterocycles. The summed E-state index contributed by atoms with van der Waals surface area (Å²) in [7, 11) is 3.12. The van der Waals surface area contributed by atoms with E-state index in [2.05, 4.69) is 15.3 Å². The summed E-state index contributed by atoms with van der Waals surface area (Å²) in [6.07, 6.45) is 0. The Kier molecular flexibility index (Phi) is 6.32. The van der Waals surface area contributed by atoms with Crippen LogP contribution in [0.15, 0.2) is 54.1 Å². The number of benzene rings is 2. The highest BCUT2D eigenvalue weighted by Crippen LogP contribution is 2.47. The summed E-state index contributed by atoms with van der Waals surface area (Å²) in [5.74, 6) is 0.814. The van der Waals surface area contributed by atoms with E-state index < -0.39 is 11.9 Å². The van der Waals surface area contributed by atoms with Crippen LogP contribution in [0.4, 0.5) is 11.6 Å². The number of carbonyl (C=O) groups is 1. The fourth-order valence-electron chi connectivity index (χ4n) is 3.99. The van der Waals surface area contributed by atoms with E-state index in [0.29, 0.717) is 40.0 Å². The van der Waals surface area contributed by atoms with Crippen molar-refractivity contribution in [3.05, 3.63) is 75.6 Å². The highest BCUT2D eigenvalue weighted by Gasteiger charge is 2.38. The topological polar surface area (TPSA) is 111 Å². The third-order valence-corrected chi connectivity index (χ3v) is 5.58. The molecule has 8 nitrogen and oxygen atoms in total. The second kappa shape index (κ2) is 9.33. The van der Waals surface area contributed by atoms with Gasteiger partial charge in [0, 0.05) is 5.56 Å². The number of H-pyrrole nitrogens is 1. The number of aromatic amines is 1. The van der Waals surface area contributed by atoms with Crippen molar-refractivity contribution < 1.29 is 19.0 Å². The van der Waals surface area contributed by atoms with Gasteiger partial charge in [0.05, 0.1) is 38.0 Å². The molecule has 170 valence electrons. The number of ether oxygens (including phenoxy) is 3. The number of anilines is 2. The zero-order valence-corrected chi connectivity index (χ0v) is 19.3. The molecular formula is C24H24N4O4S. The van der Waals surface area contributed by atoms with Gasteiger partial charge in [-0.1, -0.05) is 36.4 Å². The lowest BCUT2D eigenvalue weighted by molar-refractivity contribution is -0.138. The van der Waals surface area contributed by atoms with Crippen LogP contribution in [0, 0.1) is 4.77 Å². The summed E-state index contributed by atoms with van der Waals surface area (Å²) in [6.45, 7) is 1.99. The molecule has 3 aromatic rings. The lowest BCUT2D eigenvalue weighted by Gasteiger charge is -2.31. The first-order valence-corrected chi connectivity index (χ1v) is 10.7. The Morgan fingerprint density at radius 3 is 2.52 bits per heavy atom. The number of esters is 1. The molecule has 0 amide bonds. The largest absolute Gasteiger partial charge is 0.493 e. The van der Waals surface area contributed by atoms with E-state index in [1.165, 1.54) is 0 Å². The van der Waals surface area contributed by atoms with E-state index in [4.69, 9.17) is 32.2 Å². The van der Waals surface area contributed by atoms with Crippen LogP contribution in [0.5, 0.6) is 11.5 Å². The quantitative estimate of drug-likeness (QED) is 0.366. The van der Waals surface area contributed by atoms with Crippen LogP contribution in [0.2, 0.25) is 0 Å². The van der Waals surface area contributed by atoms with Crippen LogP contribution in [0.25, 0.3) is 5.70 Å². The van der Waals surface area contributed by atoms with Crippen molar-refractivity contribution in [3.8, 4) is 11.5 Å². The fraction of sp³-hybridized carbons (Fsp3) is 0.208. The molecule has 0 spiro atoms. The molecule has 1 aliphatic heterocycles. The van der Waals surface area contributed by atoms with Gasteiger partial charge in [0.25, 0.3) is 0 Å². The minimum absolute atomic E-state index is 0.223. The number of hydrogen-bond acceptors (Lipinski definition) is 8. The summed E-state index contributed by atoms with van der Waals surface area (Å²) < 4.78 is 16.6. The van der Waals surface area contributed by atoms with E-state index in [1.54, 1.807) is 27.2 Å². The molecule has 33 heavy (non-hydrogen) atoms. The van der Waals surface area contributed by atoms with Gasteiger partial charge in [-0.2, -0.15) is 0 Å². The van der Waals surface area contributed by atoms with Crippen molar-refractivity contribution in [2.45, 2.75) is 12.8 Å². The lowest BCUT2D eigenvalue weighted by atomic mass is 9.80. The predicted octanol–water partition coefficient (Wildman–Crippen LogP) is 4.27. The van der Waals surface area contributed by atoms with Gasteiger partial charge in [-0.3, -0.25) is 0 Å². The zero-order valence-electron chi connectivity index (χ0n) is 18.5. The number of nitrogens with two attached hydrogens (primary N) is 1. The molecule has 4 N–H and O–H groups in total. The van der Waals surface area contributed by atoms with Crippen molar-refractivity contribution in [2.75, 3.05) is 31.9 Å². The van der Waals surface area contributed by atoms with Crippen LogP contribution in [0.3, 0.4) is 0 Å². The summed E-state index contributed by atoms with van der Waals surface area (Å²) in [5.41, 5.74) is 9.52. The molecule has 0 saturated carbocycles. The maximum Gasteiger partial charge on any atom is 0.337 e. The lowest BCUT2D eigenvalue weighted by Crippen LogP contribution is -2.27. The number of rotatable bonds is 6. The number of fused-ring (bicyclic) bond motifs is 1. The van der Waals surface area contributed by atoms with Gasteiger partial charge < -0.3 is 30.2 Å². The highest BCUT2D eigenvalue weighted by molar-refractivity contribution is 7.71. The molecule has 0 aliphatic carbocycles. The number of aromatic nitrogens is 2. The number of hydrogen-bond donors (Lipinski definition) is 3. The van der Waals surface area contributed by atoms with E-state index in [1.807, 2.05) is 42.5 Å². The standard InChI is InChI=1S/C24H24N4O4S/c1-4-32-23(29)18-17(14-10-11-15(30-2)16(12-14)31-3)19-21(25)27-24(33)28-22(19)26-20(18)13-8-6-5-7-9-13/h5-12,17H,4H2,1-3H3,(H4,25,26,27,28,33). The van der Waals surface area contributed by atoms with Crippen molar-refractivity contribution in [1.29, 1.82) is 0 Å². The molecule has 1 aliphatic rings. The first kappa shape index (κ1) is 22.3. The summed E-state index contributed by atoms with van der Waals surface area (Å²) in [5, 5.41) is 3.28. The second-order valence-electron chi connectivity index (χ2n) is 7.27. The number of nitrogens with one attached hydrogen (secondary N) is 2. The van der Waals surface area contributed by atoms with Gasteiger partial charge in [-0.15, -0.1) is 0 Å². The molecule has 0 bridgehead atoms. The highest BCUT2D eigenvalue weighted by atomic mass is 32.1. The molecular weight excluding hydrogens is 440 g/mol. The van der Waals surface area contributed by atoms with Crippen molar-refractivity contribution in [2.24, 2.45) is 0 Å². The summed E-state index contributed by atoms with van der Waals surface area (Å²) in [4.78, 5) is 20.7. The maximum absolute atomic E-state index is 13.4. The van der Waals surface area contributed by atoms with Gasteiger partial charge in [0.15, 0.2) is 16.3 Å². The Bertz CT molecular complexity index is 1290. The number of nitrogens with zero attached hydrogens (tertiary/aromatic N) is 1. The molecule has 1 unspecified atom stereocenters. The molecule has 0 saturated heterocycles. The van der Waals surface area contributed by atoms with E-state index in [9.17, 15) is 4.79 Å².